The maximum atomic E-state index is 13.4. The Morgan fingerprint density at radius 3 is 2.71 bits per heavy atom. The summed E-state index contributed by atoms with van der Waals surface area (Å²) in [4.78, 5) is 30.5. The number of unbranched alkanes of at least 4 members (excludes halogenated alkanes) is 1. The van der Waals surface area contributed by atoms with Crippen molar-refractivity contribution in [1.29, 1.82) is 0 Å². The minimum atomic E-state index is -1.28. The van der Waals surface area contributed by atoms with Gasteiger partial charge in [0.1, 0.15) is 17.0 Å². The molecule has 0 bridgehead atoms. The first-order valence-electron chi connectivity index (χ1n) is 8.10. The number of carbonyl (C=O) groups is 2. The van der Waals surface area contributed by atoms with Gasteiger partial charge in [0.15, 0.2) is 5.78 Å². The zero-order valence-electron chi connectivity index (χ0n) is 13.8. The van der Waals surface area contributed by atoms with Crippen molar-refractivity contribution in [3.63, 3.8) is 0 Å². The van der Waals surface area contributed by atoms with Gasteiger partial charge in [-0.1, -0.05) is 38.0 Å². The number of pyridine rings is 1. The molecule has 1 N–H and O–H groups in total. The number of para-hydroxylation sites is 1. The lowest BCUT2D eigenvalue weighted by molar-refractivity contribution is -0.120. The summed E-state index contributed by atoms with van der Waals surface area (Å²) in [6, 6.07) is 10.7. The summed E-state index contributed by atoms with van der Waals surface area (Å²) in [5, 5.41) is 2.81. The quantitative estimate of drug-likeness (QED) is 0.856. The fourth-order valence-corrected chi connectivity index (χ4v) is 3.28. The first-order chi connectivity index (χ1) is 11.6. The minimum Gasteiger partial charge on any atom is -0.496 e. The SMILES string of the molecule is CCCCC1(c2ccccc2OC)C(=O)Nc2ncccc2C1=O. The zero-order chi connectivity index (χ0) is 17.2. The number of methoxy groups -OCH3 is 1. The van der Waals surface area contributed by atoms with E-state index in [-0.39, 0.29) is 11.7 Å². The summed E-state index contributed by atoms with van der Waals surface area (Å²) >= 11 is 0. The smallest absolute Gasteiger partial charge is 0.244 e. The number of hydrogen-bond donors (Lipinski definition) is 1. The van der Waals surface area contributed by atoms with Crippen LogP contribution in [-0.2, 0) is 10.2 Å². The first-order valence-corrected chi connectivity index (χ1v) is 8.10. The Labute approximate surface area is 141 Å². The van der Waals surface area contributed by atoms with Crippen LogP contribution in [0.3, 0.4) is 0 Å². The minimum absolute atomic E-state index is 0.215. The monoisotopic (exact) mass is 324 g/mol. The van der Waals surface area contributed by atoms with Gasteiger partial charge >= 0.3 is 0 Å². The number of ketones is 1. The average Bonchev–Trinajstić information content (AvgIpc) is 2.62. The molecule has 0 spiro atoms. The molecule has 1 amide bonds. The lowest BCUT2D eigenvalue weighted by Crippen LogP contribution is -2.51. The molecule has 1 unspecified atom stereocenters. The van der Waals surface area contributed by atoms with Gasteiger partial charge in [-0.3, -0.25) is 9.59 Å². The van der Waals surface area contributed by atoms with Crippen molar-refractivity contribution in [2.45, 2.75) is 31.6 Å². The Balaban J connectivity index is 2.23. The Hall–Kier alpha value is -2.69. The van der Waals surface area contributed by atoms with Gasteiger partial charge in [-0.05, 0) is 24.6 Å². The van der Waals surface area contributed by atoms with Crippen LogP contribution in [0.5, 0.6) is 5.75 Å². The molecule has 2 heterocycles. The molecule has 1 aromatic heterocycles. The molecular formula is C19H20N2O3. The highest BCUT2D eigenvalue weighted by Gasteiger charge is 2.52. The molecule has 2 aromatic rings. The summed E-state index contributed by atoms with van der Waals surface area (Å²) in [7, 11) is 1.55. The van der Waals surface area contributed by atoms with E-state index in [1.54, 1.807) is 37.6 Å². The molecule has 5 heteroatoms. The van der Waals surface area contributed by atoms with Gasteiger partial charge < -0.3 is 10.1 Å². The first kappa shape index (κ1) is 16.2. The highest BCUT2D eigenvalue weighted by Crippen LogP contribution is 2.43. The maximum Gasteiger partial charge on any atom is 0.244 e. The van der Waals surface area contributed by atoms with E-state index >= 15 is 0 Å². The molecule has 0 saturated carbocycles. The Morgan fingerprint density at radius 1 is 1.17 bits per heavy atom. The van der Waals surface area contributed by atoms with Crippen molar-refractivity contribution in [2.75, 3.05) is 12.4 Å². The average molecular weight is 324 g/mol. The van der Waals surface area contributed by atoms with Crippen LogP contribution in [0.2, 0.25) is 0 Å². The Kier molecular flexibility index (Phi) is 4.34. The van der Waals surface area contributed by atoms with Gasteiger partial charge in [-0.25, -0.2) is 4.98 Å². The van der Waals surface area contributed by atoms with Crippen LogP contribution in [0.25, 0.3) is 0 Å². The van der Waals surface area contributed by atoms with Gasteiger partial charge in [0.05, 0.1) is 12.7 Å². The molecule has 1 aromatic carbocycles. The molecule has 0 saturated heterocycles. The molecule has 0 fully saturated rings. The van der Waals surface area contributed by atoms with Gasteiger partial charge in [0, 0.05) is 11.8 Å². The molecule has 1 atom stereocenters. The molecule has 124 valence electrons. The van der Waals surface area contributed by atoms with Crippen molar-refractivity contribution in [3.05, 3.63) is 53.7 Å². The van der Waals surface area contributed by atoms with Crippen molar-refractivity contribution in [3.8, 4) is 5.75 Å². The molecule has 0 radical (unpaired) electrons. The molecule has 24 heavy (non-hydrogen) atoms. The van der Waals surface area contributed by atoms with E-state index in [2.05, 4.69) is 10.3 Å². The summed E-state index contributed by atoms with van der Waals surface area (Å²) in [6.45, 7) is 2.04. The lowest BCUT2D eigenvalue weighted by atomic mass is 9.68. The zero-order valence-corrected chi connectivity index (χ0v) is 13.8. The van der Waals surface area contributed by atoms with Crippen LogP contribution in [0.15, 0.2) is 42.6 Å². The Morgan fingerprint density at radius 2 is 1.96 bits per heavy atom. The number of aromatic nitrogens is 1. The van der Waals surface area contributed by atoms with E-state index in [9.17, 15) is 9.59 Å². The highest BCUT2D eigenvalue weighted by molar-refractivity contribution is 6.27. The predicted octanol–water partition coefficient (Wildman–Crippen LogP) is 3.35. The van der Waals surface area contributed by atoms with Gasteiger partial charge in [-0.15, -0.1) is 0 Å². The van der Waals surface area contributed by atoms with E-state index in [4.69, 9.17) is 4.74 Å². The van der Waals surface area contributed by atoms with E-state index in [0.29, 0.717) is 29.1 Å². The topological polar surface area (TPSA) is 68.3 Å². The summed E-state index contributed by atoms with van der Waals surface area (Å²) in [5.74, 6) is 0.322. The fourth-order valence-electron chi connectivity index (χ4n) is 3.28. The summed E-state index contributed by atoms with van der Waals surface area (Å²) in [6.07, 6.45) is 3.64. The number of benzene rings is 1. The van der Waals surface area contributed by atoms with Gasteiger partial charge in [-0.2, -0.15) is 0 Å². The van der Waals surface area contributed by atoms with Crippen molar-refractivity contribution in [2.24, 2.45) is 0 Å². The highest BCUT2D eigenvalue weighted by atomic mass is 16.5. The fraction of sp³-hybridized carbons (Fsp3) is 0.316. The number of rotatable bonds is 5. The number of fused-ring (bicyclic) bond motifs is 1. The third kappa shape index (κ3) is 2.37. The second kappa shape index (κ2) is 6.43. The predicted molar refractivity (Wildman–Crippen MR) is 91.4 cm³/mol. The lowest BCUT2D eigenvalue weighted by Gasteiger charge is -2.36. The number of nitrogens with one attached hydrogen (secondary N) is 1. The van der Waals surface area contributed by atoms with E-state index < -0.39 is 5.41 Å². The molecule has 1 aliphatic heterocycles. The third-order valence-electron chi connectivity index (χ3n) is 4.53. The van der Waals surface area contributed by atoms with E-state index in [0.717, 1.165) is 12.8 Å². The number of ether oxygens (including phenoxy) is 1. The molecule has 1 aliphatic rings. The Bertz CT molecular complexity index is 788. The van der Waals surface area contributed by atoms with E-state index in [1.165, 1.54) is 0 Å². The van der Waals surface area contributed by atoms with Gasteiger partial charge in [0.25, 0.3) is 0 Å². The van der Waals surface area contributed by atoms with Crippen LogP contribution < -0.4 is 10.1 Å². The molecule has 5 nitrogen and oxygen atoms in total. The summed E-state index contributed by atoms with van der Waals surface area (Å²) < 4.78 is 5.44. The van der Waals surface area contributed by atoms with Crippen molar-refractivity contribution < 1.29 is 14.3 Å². The normalized spacial score (nSPS) is 19.6. The molecule has 0 aliphatic carbocycles. The third-order valence-corrected chi connectivity index (χ3v) is 4.53. The number of nitrogens with zero attached hydrogens (tertiary/aromatic N) is 1. The number of hydrogen-bond acceptors (Lipinski definition) is 4. The van der Waals surface area contributed by atoms with Crippen LogP contribution in [0.1, 0.15) is 42.1 Å². The number of carbonyl (C=O) groups excluding carboxylic acids is 2. The van der Waals surface area contributed by atoms with Crippen molar-refractivity contribution >= 4 is 17.5 Å². The van der Waals surface area contributed by atoms with Crippen LogP contribution in [-0.4, -0.2) is 23.8 Å². The standard InChI is InChI=1S/C19H20N2O3/c1-3-4-11-19(14-9-5-6-10-15(14)24-2)16(22)13-8-7-12-20-17(13)21-18(19)23/h5-10,12H,3-4,11H2,1-2H3,(H,20,21,23). The largest absolute Gasteiger partial charge is 0.496 e. The van der Waals surface area contributed by atoms with Crippen LogP contribution in [0, 0.1) is 0 Å². The van der Waals surface area contributed by atoms with Gasteiger partial charge in [0.2, 0.25) is 5.91 Å². The second-order valence-electron chi connectivity index (χ2n) is 5.89. The molecular weight excluding hydrogens is 304 g/mol. The van der Waals surface area contributed by atoms with Crippen molar-refractivity contribution in [1.82, 2.24) is 4.98 Å². The molecule has 3 rings (SSSR count). The number of Topliss-reactive ketones (excluding diaryl/α,β-unsaturated/α-hetero) is 1. The van der Waals surface area contributed by atoms with Crippen LogP contribution >= 0.6 is 0 Å². The summed E-state index contributed by atoms with van der Waals surface area (Å²) in [5.41, 5.74) is -0.226. The maximum absolute atomic E-state index is 13.4. The number of amides is 1. The second-order valence-corrected chi connectivity index (χ2v) is 5.89. The van der Waals surface area contributed by atoms with E-state index in [1.807, 2.05) is 19.1 Å². The number of anilines is 1. The van der Waals surface area contributed by atoms with Crippen LogP contribution in [0.4, 0.5) is 5.82 Å².